The highest BCUT2D eigenvalue weighted by Crippen LogP contribution is 2.32. The van der Waals surface area contributed by atoms with Crippen molar-refractivity contribution in [3.05, 3.63) is 35.4 Å². The maximum Gasteiger partial charge on any atom is 0.0865 e. The molecule has 0 amide bonds. The number of hydrogen-bond acceptors (Lipinski definition) is 2. The summed E-state index contributed by atoms with van der Waals surface area (Å²) in [6.45, 7) is 3.69. The second kappa shape index (κ2) is 4.77. The fourth-order valence-corrected chi connectivity index (χ4v) is 2.21. The molecule has 1 saturated heterocycles. The van der Waals surface area contributed by atoms with Gasteiger partial charge in [0.05, 0.1) is 6.10 Å². The predicted molar refractivity (Wildman–Crippen MR) is 61.7 cm³/mol. The van der Waals surface area contributed by atoms with Gasteiger partial charge in [0.1, 0.15) is 0 Å². The van der Waals surface area contributed by atoms with Gasteiger partial charge in [-0.15, -0.1) is 0 Å². The van der Waals surface area contributed by atoms with Crippen LogP contribution in [0.25, 0.3) is 0 Å². The number of ether oxygens (including phenoxy) is 1. The molecule has 15 heavy (non-hydrogen) atoms. The first kappa shape index (κ1) is 10.7. The maximum absolute atomic E-state index is 5.83. The van der Waals surface area contributed by atoms with E-state index in [4.69, 9.17) is 10.5 Å². The second-order valence-electron chi connectivity index (χ2n) is 4.34. The molecule has 0 saturated carbocycles. The molecule has 2 atom stereocenters. The molecule has 2 N–H and O–H groups in total. The molecular formula is C13H19NO. The lowest BCUT2D eigenvalue weighted by molar-refractivity contribution is -0.0251. The molecule has 0 aliphatic carbocycles. The zero-order chi connectivity index (χ0) is 10.7. The van der Waals surface area contributed by atoms with Gasteiger partial charge in [-0.2, -0.15) is 0 Å². The Morgan fingerprint density at radius 3 is 2.73 bits per heavy atom. The topological polar surface area (TPSA) is 35.2 Å². The van der Waals surface area contributed by atoms with Crippen molar-refractivity contribution >= 4 is 0 Å². The van der Waals surface area contributed by atoms with Gasteiger partial charge >= 0.3 is 0 Å². The van der Waals surface area contributed by atoms with Crippen LogP contribution in [-0.2, 0) is 4.74 Å². The fourth-order valence-electron chi connectivity index (χ4n) is 2.21. The molecule has 1 aliphatic rings. The first-order chi connectivity index (χ1) is 7.31. The Kier molecular flexibility index (Phi) is 3.39. The SMILES string of the molecule is Cc1ccc([C@H]2OCCC[C@@H]2CN)cc1. The minimum atomic E-state index is 0.212. The Morgan fingerprint density at radius 1 is 1.33 bits per heavy atom. The van der Waals surface area contributed by atoms with Crippen molar-refractivity contribution in [3.8, 4) is 0 Å². The van der Waals surface area contributed by atoms with Gasteiger partial charge in [-0.25, -0.2) is 0 Å². The summed E-state index contributed by atoms with van der Waals surface area (Å²) < 4.78 is 5.83. The van der Waals surface area contributed by atoms with Crippen LogP contribution in [-0.4, -0.2) is 13.2 Å². The first-order valence-corrected chi connectivity index (χ1v) is 5.69. The van der Waals surface area contributed by atoms with Crippen LogP contribution in [0.15, 0.2) is 24.3 Å². The van der Waals surface area contributed by atoms with E-state index in [1.807, 2.05) is 0 Å². The van der Waals surface area contributed by atoms with Crippen LogP contribution in [0.1, 0.15) is 30.1 Å². The third-order valence-electron chi connectivity index (χ3n) is 3.15. The van der Waals surface area contributed by atoms with E-state index in [-0.39, 0.29) is 6.10 Å². The summed E-state index contributed by atoms with van der Waals surface area (Å²) in [7, 11) is 0. The molecule has 82 valence electrons. The van der Waals surface area contributed by atoms with Gasteiger partial charge < -0.3 is 10.5 Å². The van der Waals surface area contributed by atoms with Crippen LogP contribution in [0.2, 0.25) is 0 Å². The zero-order valence-corrected chi connectivity index (χ0v) is 9.28. The van der Waals surface area contributed by atoms with Gasteiger partial charge in [-0.1, -0.05) is 29.8 Å². The van der Waals surface area contributed by atoms with Crippen molar-refractivity contribution in [1.29, 1.82) is 0 Å². The summed E-state index contributed by atoms with van der Waals surface area (Å²) in [6.07, 6.45) is 2.54. The van der Waals surface area contributed by atoms with E-state index in [1.165, 1.54) is 17.5 Å². The smallest absolute Gasteiger partial charge is 0.0865 e. The number of benzene rings is 1. The van der Waals surface area contributed by atoms with Crippen LogP contribution < -0.4 is 5.73 Å². The highest BCUT2D eigenvalue weighted by Gasteiger charge is 2.25. The first-order valence-electron chi connectivity index (χ1n) is 5.69. The van der Waals surface area contributed by atoms with Gasteiger partial charge in [0.2, 0.25) is 0 Å². The Morgan fingerprint density at radius 2 is 2.07 bits per heavy atom. The van der Waals surface area contributed by atoms with Crippen LogP contribution >= 0.6 is 0 Å². The lowest BCUT2D eigenvalue weighted by atomic mass is 9.89. The quantitative estimate of drug-likeness (QED) is 0.804. The lowest BCUT2D eigenvalue weighted by Crippen LogP contribution is -2.28. The number of aryl methyl sites for hydroxylation is 1. The van der Waals surface area contributed by atoms with Crippen LogP contribution in [0.4, 0.5) is 0 Å². The monoisotopic (exact) mass is 205 g/mol. The maximum atomic E-state index is 5.83. The Labute approximate surface area is 91.4 Å². The molecule has 0 spiro atoms. The third-order valence-corrected chi connectivity index (χ3v) is 3.15. The summed E-state index contributed by atoms with van der Waals surface area (Å²) in [4.78, 5) is 0. The van der Waals surface area contributed by atoms with E-state index in [0.717, 1.165) is 19.6 Å². The molecule has 0 bridgehead atoms. The van der Waals surface area contributed by atoms with E-state index >= 15 is 0 Å². The Hall–Kier alpha value is -0.860. The Balaban J connectivity index is 2.16. The van der Waals surface area contributed by atoms with E-state index in [1.54, 1.807) is 0 Å². The molecule has 0 unspecified atom stereocenters. The third kappa shape index (κ3) is 2.39. The molecule has 2 nitrogen and oxygen atoms in total. The highest BCUT2D eigenvalue weighted by molar-refractivity contribution is 5.24. The zero-order valence-electron chi connectivity index (χ0n) is 9.28. The molecule has 2 heteroatoms. The van der Waals surface area contributed by atoms with E-state index in [0.29, 0.717) is 5.92 Å². The number of hydrogen-bond donors (Lipinski definition) is 1. The molecule has 2 rings (SSSR count). The van der Waals surface area contributed by atoms with Crippen LogP contribution in [0, 0.1) is 12.8 Å². The van der Waals surface area contributed by atoms with Crippen LogP contribution in [0.3, 0.4) is 0 Å². The summed E-state index contributed by atoms with van der Waals surface area (Å²) in [5.74, 6) is 0.487. The summed E-state index contributed by atoms with van der Waals surface area (Å²) in [6, 6.07) is 8.60. The number of rotatable bonds is 2. The highest BCUT2D eigenvalue weighted by atomic mass is 16.5. The van der Waals surface area contributed by atoms with Crippen LogP contribution in [0.5, 0.6) is 0 Å². The van der Waals surface area contributed by atoms with E-state index in [9.17, 15) is 0 Å². The average Bonchev–Trinajstić information content (AvgIpc) is 2.30. The summed E-state index contributed by atoms with van der Waals surface area (Å²) >= 11 is 0. The van der Waals surface area contributed by atoms with Gasteiger partial charge in [-0.3, -0.25) is 0 Å². The van der Waals surface area contributed by atoms with E-state index in [2.05, 4.69) is 31.2 Å². The van der Waals surface area contributed by atoms with Crippen molar-refractivity contribution in [2.24, 2.45) is 11.7 Å². The molecule has 1 aromatic carbocycles. The second-order valence-corrected chi connectivity index (χ2v) is 4.34. The normalized spacial score (nSPS) is 26.5. The van der Waals surface area contributed by atoms with Crippen molar-refractivity contribution in [2.45, 2.75) is 25.9 Å². The molecule has 0 aromatic heterocycles. The fraction of sp³-hybridized carbons (Fsp3) is 0.538. The average molecular weight is 205 g/mol. The minimum Gasteiger partial charge on any atom is -0.373 e. The molecule has 1 fully saturated rings. The number of nitrogens with two attached hydrogens (primary N) is 1. The van der Waals surface area contributed by atoms with Gasteiger partial charge in [-0.05, 0) is 31.9 Å². The largest absolute Gasteiger partial charge is 0.373 e. The molecule has 1 aliphatic heterocycles. The van der Waals surface area contributed by atoms with Crippen molar-refractivity contribution < 1.29 is 4.74 Å². The van der Waals surface area contributed by atoms with E-state index < -0.39 is 0 Å². The molecule has 1 aromatic rings. The summed E-state index contributed by atoms with van der Waals surface area (Å²) in [5, 5.41) is 0. The minimum absolute atomic E-state index is 0.212. The summed E-state index contributed by atoms with van der Waals surface area (Å²) in [5.41, 5.74) is 8.35. The van der Waals surface area contributed by atoms with Crippen molar-refractivity contribution in [1.82, 2.24) is 0 Å². The molecular weight excluding hydrogens is 186 g/mol. The van der Waals surface area contributed by atoms with Gasteiger partial charge in [0.15, 0.2) is 0 Å². The Bertz CT molecular complexity index is 307. The van der Waals surface area contributed by atoms with Crippen molar-refractivity contribution in [3.63, 3.8) is 0 Å². The molecule has 0 radical (unpaired) electrons. The van der Waals surface area contributed by atoms with Crippen molar-refractivity contribution in [2.75, 3.05) is 13.2 Å². The predicted octanol–water partition coefficient (Wildman–Crippen LogP) is 2.42. The standard InChI is InChI=1S/C13H19NO/c1-10-4-6-11(7-5-10)13-12(9-14)3-2-8-15-13/h4-7,12-13H,2-3,8-9,14H2,1H3/t12-,13-/m1/s1. The lowest BCUT2D eigenvalue weighted by Gasteiger charge is -2.31. The molecule has 1 heterocycles. The van der Waals surface area contributed by atoms with Gasteiger partial charge in [0.25, 0.3) is 0 Å². The van der Waals surface area contributed by atoms with Gasteiger partial charge in [0, 0.05) is 12.5 Å².